The van der Waals surface area contributed by atoms with Crippen LogP contribution in [0.3, 0.4) is 0 Å². The maximum atomic E-state index is 8.90. The highest BCUT2D eigenvalue weighted by molar-refractivity contribution is 4.91. The Labute approximate surface area is 95.3 Å². The Kier molecular flexibility index (Phi) is 6.60. The van der Waals surface area contributed by atoms with Gasteiger partial charge in [0.2, 0.25) is 0 Å². The van der Waals surface area contributed by atoms with E-state index >= 15 is 0 Å². The topological polar surface area (TPSA) is 27.0 Å². The zero-order valence-electron chi connectivity index (χ0n) is 11.0. The summed E-state index contributed by atoms with van der Waals surface area (Å²) in [6.45, 7) is 9.62. The smallest absolute Gasteiger partial charge is 0.0683 e. The van der Waals surface area contributed by atoms with Gasteiger partial charge in [-0.25, -0.2) is 0 Å². The van der Waals surface area contributed by atoms with Crippen molar-refractivity contribution in [1.82, 2.24) is 4.90 Å². The van der Waals surface area contributed by atoms with Gasteiger partial charge in [0.25, 0.3) is 0 Å². The first kappa shape index (κ1) is 14.5. The minimum absolute atomic E-state index is 0.158. The van der Waals surface area contributed by atoms with Crippen molar-refractivity contribution in [3.63, 3.8) is 0 Å². The normalized spacial score (nSPS) is 12.1. The molecule has 15 heavy (non-hydrogen) atoms. The average molecular weight is 210 g/mol. The van der Waals surface area contributed by atoms with Crippen LogP contribution >= 0.6 is 0 Å². The lowest BCUT2D eigenvalue weighted by molar-refractivity contribution is 0.218. The van der Waals surface area contributed by atoms with Gasteiger partial charge in [-0.15, -0.1) is 0 Å². The van der Waals surface area contributed by atoms with Gasteiger partial charge in [-0.2, -0.15) is 5.26 Å². The van der Waals surface area contributed by atoms with E-state index in [0.717, 1.165) is 19.4 Å². The summed E-state index contributed by atoms with van der Waals surface area (Å²) in [7, 11) is 2.19. The zero-order chi connectivity index (χ0) is 11.9. The van der Waals surface area contributed by atoms with Gasteiger partial charge in [-0.3, -0.25) is 0 Å². The molecule has 0 unspecified atom stereocenters. The summed E-state index contributed by atoms with van der Waals surface area (Å²) in [4.78, 5) is 2.42. The Morgan fingerprint density at radius 2 is 1.80 bits per heavy atom. The van der Waals surface area contributed by atoms with Crippen LogP contribution < -0.4 is 0 Å². The molecule has 0 atom stereocenters. The van der Waals surface area contributed by atoms with Gasteiger partial charge in [0.1, 0.15) is 0 Å². The summed E-state index contributed by atoms with van der Waals surface area (Å²) in [6, 6.07) is 3.06. The number of nitriles is 1. The van der Waals surface area contributed by atoms with Crippen LogP contribution in [-0.2, 0) is 0 Å². The molecule has 0 aromatic carbocycles. The fraction of sp³-hybridized carbons (Fsp3) is 0.923. The second-order valence-corrected chi connectivity index (χ2v) is 5.05. The zero-order valence-corrected chi connectivity index (χ0v) is 11.0. The van der Waals surface area contributed by atoms with Crippen LogP contribution in [0.2, 0.25) is 0 Å². The van der Waals surface area contributed by atoms with Crippen LogP contribution in [0.1, 0.15) is 53.4 Å². The molecule has 88 valence electrons. The van der Waals surface area contributed by atoms with Crippen molar-refractivity contribution in [2.24, 2.45) is 5.41 Å². The van der Waals surface area contributed by atoms with Crippen LogP contribution in [0.5, 0.6) is 0 Å². The first-order valence-corrected chi connectivity index (χ1v) is 6.08. The Morgan fingerprint density at radius 1 is 1.27 bits per heavy atom. The van der Waals surface area contributed by atoms with Gasteiger partial charge in [0.05, 0.1) is 11.5 Å². The molecule has 0 N–H and O–H groups in total. The van der Waals surface area contributed by atoms with Gasteiger partial charge >= 0.3 is 0 Å². The largest absolute Gasteiger partial charge is 0.303 e. The molecular weight excluding hydrogens is 184 g/mol. The number of hydrogen-bond acceptors (Lipinski definition) is 2. The molecule has 0 aliphatic carbocycles. The summed E-state index contributed by atoms with van der Waals surface area (Å²) in [6.07, 6.45) is 4.55. The van der Waals surface area contributed by atoms with Crippen LogP contribution in [-0.4, -0.2) is 24.5 Å². The van der Waals surface area contributed by atoms with Crippen molar-refractivity contribution < 1.29 is 0 Å². The highest BCUT2D eigenvalue weighted by atomic mass is 15.1. The molecule has 0 radical (unpaired) electrons. The van der Waals surface area contributed by atoms with Crippen LogP contribution in [0.15, 0.2) is 0 Å². The van der Waals surface area contributed by atoms with Gasteiger partial charge in [0, 0.05) is 6.04 Å². The molecule has 0 saturated carbocycles. The molecule has 0 aromatic heterocycles. The number of rotatable bonds is 7. The lowest BCUT2D eigenvalue weighted by atomic mass is 9.90. The van der Waals surface area contributed by atoms with Gasteiger partial charge in [-0.05, 0) is 53.1 Å². The van der Waals surface area contributed by atoms with Crippen LogP contribution in [0.4, 0.5) is 0 Å². The quantitative estimate of drug-likeness (QED) is 0.643. The summed E-state index contributed by atoms with van der Waals surface area (Å²) in [5.41, 5.74) is -0.158. The van der Waals surface area contributed by atoms with Crippen molar-refractivity contribution in [2.45, 2.75) is 59.4 Å². The number of hydrogen-bond donors (Lipinski definition) is 0. The van der Waals surface area contributed by atoms with E-state index in [2.05, 4.69) is 31.9 Å². The molecular formula is C13H26N2. The second-order valence-electron chi connectivity index (χ2n) is 5.05. The van der Waals surface area contributed by atoms with E-state index in [1.165, 1.54) is 12.8 Å². The molecule has 0 aliphatic rings. The molecule has 0 aliphatic heterocycles. The highest BCUT2D eigenvalue weighted by Crippen LogP contribution is 2.21. The molecule has 0 aromatic rings. The molecule has 0 heterocycles. The predicted octanol–water partition coefficient (Wildman–Crippen LogP) is 3.44. The Morgan fingerprint density at radius 3 is 2.20 bits per heavy atom. The van der Waals surface area contributed by atoms with Crippen molar-refractivity contribution in [2.75, 3.05) is 13.6 Å². The fourth-order valence-corrected chi connectivity index (χ4v) is 1.92. The van der Waals surface area contributed by atoms with Crippen molar-refractivity contribution >= 4 is 0 Å². The van der Waals surface area contributed by atoms with E-state index in [9.17, 15) is 0 Å². The molecule has 0 spiro atoms. The van der Waals surface area contributed by atoms with Gasteiger partial charge < -0.3 is 4.90 Å². The lowest BCUT2D eigenvalue weighted by Crippen LogP contribution is -2.31. The summed E-state index contributed by atoms with van der Waals surface area (Å²) in [5, 5.41) is 8.90. The van der Waals surface area contributed by atoms with Crippen LogP contribution in [0.25, 0.3) is 0 Å². The molecule has 0 bridgehead atoms. The van der Waals surface area contributed by atoms with Gasteiger partial charge in [0.15, 0.2) is 0 Å². The second kappa shape index (κ2) is 6.85. The van der Waals surface area contributed by atoms with E-state index in [0.29, 0.717) is 6.04 Å². The molecule has 0 amide bonds. The Bertz CT molecular complexity index is 199. The minimum atomic E-state index is -0.158. The molecule has 2 nitrogen and oxygen atoms in total. The summed E-state index contributed by atoms with van der Waals surface area (Å²) in [5.74, 6) is 0. The Balaban J connectivity index is 3.82. The predicted molar refractivity (Wildman–Crippen MR) is 65.6 cm³/mol. The first-order chi connectivity index (χ1) is 6.96. The lowest BCUT2D eigenvalue weighted by Gasteiger charge is -2.27. The fourth-order valence-electron chi connectivity index (χ4n) is 1.92. The van der Waals surface area contributed by atoms with E-state index in [-0.39, 0.29) is 5.41 Å². The van der Waals surface area contributed by atoms with E-state index in [1.807, 2.05) is 13.8 Å². The average Bonchev–Trinajstić information content (AvgIpc) is 2.19. The molecule has 0 rings (SSSR count). The standard InChI is InChI=1S/C13H26N2/c1-6-12(7-2)15(5)10-8-9-13(3,4)11-14/h12H,6-10H2,1-5H3. The Hall–Kier alpha value is -0.550. The van der Waals surface area contributed by atoms with Crippen molar-refractivity contribution in [3.8, 4) is 6.07 Å². The molecule has 2 heteroatoms. The SMILES string of the molecule is CCC(CC)N(C)CCCC(C)(C)C#N. The minimum Gasteiger partial charge on any atom is -0.303 e. The van der Waals surface area contributed by atoms with Crippen molar-refractivity contribution in [1.29, 1.82) is 5.26 Å². The summed E-state index contributed by atoms with van der Waals surface area (Å²) >= 11 is 0. The maximum Gasteiger partial charge on any atom is 0.0683 e. The third kappa shape index (κ3) is 5.79. The first-order valence-electron chi connectivity index (χ1n) is 6.08. The van der Waals surface area contributed by atoms with Crippen LogP contribution in [0, 0.1) is 16.7 Å². The highest BCUT2D eigenvalue weighted by Gasteiger charge is 2.17. The molecule has 0 saturated heterocycles. The third-order valence-corrected chi connectivity index (χ3v) is 3.18. The molecule has 0 fully saturated rings. The van der Waals surface area contributed by atoms with Gasteiger partial charge in [-0.1, -0.05) is 13.8 Å². The van der Waals surface area contributed by atoms with E-state index in [4.69, 9.17) is 5.26 Å². The third-order valence-electron chi connectivity index (χ3n) is 3.18. The van der Waals surface area contributed by atoms with E-state index < -0.39 is 0 Å². The number of nitrogens with zero attached hydrogens (tertiary/aromatic N) is 2. The monoisotopic (exact) mass is 210 g/mol. The van der Waals surface area contributed by atoms with Crippen molar-refractivity contribution in [3.05, 3.63) is 0 Å². The maximum absolute atomic E-state index is 8.90. The van der Waals surface area contributed by atoms with E-state index in [1.54, 1.807) is 0 Å². The summed E-state index contributed by atoms with van der Waals surface area (Å²) < 4.78 is 0.